The first kappa shape index (κ1) is 14.8. The molecular formula is C17H21N3O2. The molecule has 3 rings (SSSR count). The molecule has 0 radical (unpaired) electrons. The van der Waals surface area contributed by atoms with Gasteiger partial charge >= 0.3 is 0 Å². The van der Waals surface area contributed by atoms with Crippen molar-refractivity contribution in [3.63, 3.8) is 0 Å². The van der Waals surface area contributed by atoms with E-state index in [1.54, 1.807) is 19.4 Å². The summed E-state index contributed by atoms with van der Waals surface area (Å²) in [6.07, 6.45) is 4.69. The maximum absolute atomic E-state index is 12.7. The molecule has 2 aromatic rings. The lowest BCUT2D eigenvalue weighted by Crippen LogP contribution is -2.34. The predicted octanol–water partition coefficient (Wildman–Crippen LogP) is 2.19. The number of amides is 1. The van der Waals surface area contributed by atoms with Crippen molar-refractivity contribution in [3.8, 4) is 0 Å². The maximum Gasteiger partial charge on any atom is 0.272 e. The van der Waals surface area contributed by atoms with E-state index in [4.69, 9.17) is 4.74 Å². The number of ether oxygens (including phenoxy) is 1. The van der Waals surface area contributed by atoms with Gasteiger partial charge < -0.3 is 14.2 Å². The zero-order chi connectivity index (χ0) is 15.4. The molecule has 0 aliphatic carbocycles. The molecule has 0 spiro atoms. The average molecular weight is 299 g/mol. The minimum Gasteiger partial charge on any atom is -0.385 e. The van der Waals surface area contributed by atoms with Crippen molar-refractivity contribution in [1.82, 2.24) is 14.5 Å². The van der Waals surface area contributed by atoms with Crippen LogP contribution in [0.3, 0.4) is 0 Å². The van der Waals surface area contributed by atoms with Gasteiger partial charge in [0.1, 0.15) is 5.69 Å². The van der Waals surface area contributed by atoms with Crippen LogP contribution in [-0.2, 0) is 17.8 Å². The SMILES string of the molecule is COCC[C@H]1CN(C(=O)c2ccccn2)Cc2cccn2C1. The first-order valence-corrected chi connectivity index (χ1v) is 7.61. The van der Waals surface area contributed by atoms with Gasteiger partial charge in [0.25, 0.3) is 5.91 Å². The number of fused-ring (bicyclic) bond motifs is 1. The lowest BCUT2D eigenvalue weighted by Gasteiger charge is -2.23. The van der Waals surface area contributed by atoms with Crippen LogP contribution >= 0.6 is 0 Å². The van der Waals surface area contributed by atoms with E-state index in [2.05, 4.69) is 21.8 Å². The normalized spacial score (nSPS) is 17.9. The van der Waals surface area contributed by atoms with E-state index in [0.29, 0.717) is 24.8 Å². The number of methoxy groups -OCH3 is 1. The van der Waals surface area contributed by atoms with Gasteiger partial charge in [-0.05, 0) is 36.6 Å². The second-order valence-corrected chi connectivity index (χ2v) is 5.70. The van der Waals surface area contributed by atoms with Crippen LogP contribution in [0.5, 0.6) is 0 Å². The average Bonchev–Trinajstić information content (AvgIpc) is 2.91. The fourth-order valence-corrected chi connectivity index (χ4v) is 2.95. The number of carbonyl (C=O) groups is 1. The summed E-state index contributed by atoms with van der Waals surface area (Å²) in [6.45, 7) is 3.01. The first-order valence-electron chi connectivity index (χ1n) is 7.61. The summed E-state index contributed by atoms with van der Waals surface area (Å²) in [5.74, 6) is 0.388. The molecule has 0 N–H and O–H groups in total. The summed E-state index contributed by atoms with van der Waals surface area (Å²) < 4.78 is 7.45. The third kappa shape index (κ3) is 3.20. The van der Waals surface area contributed by atoms with Crippen molar-refractivity contribution in [2.45, 2.75) is 19.5 Å². The minimum atomic E-state index is -0.00216. The Morgan fingerprint density at radius 3 is 3.00 bits per heavy atom. The van der Waals surface area contributed by atoms with Gasteiger partial charge in [-0.1, -0.05) is 6.07 Å². The van der Waals surface area contributed by atoms with Crippen LogP contribution in [0.25, 0.3) is 0 Å². The van der Waals surface area contributed by atoms with Crippen LogP contribution < -0.4 is 0 Å². The topological polar surface area (TPSA) is 47.4 Å². The van der Waals surface area contributed by atoms with Crippen molar-refractivity contribution in [2.75, 3.05) is 20.3 Å². The van der Waals surface area contributed by atoms with Crippen molar-refractivity contribution < 1.29 is 9.53 Å². The molecule has 3 heterocycles. The Bertz CT molecular complexity index is 624. The van der Waals surface area contributed by atoms with Crippen LogP contribution in [0.4, 0.5) is 0 Å². The second-order valence-electron chi connectivity index (χ2n) is 5.70. The standard InChI is InChI=1S/C17H21N3O2/c1-22-10-7-14-11-19-9-4-5-15(19)13-20(12-14)17(21)16-6-2-3-8-18-16/h2-6,8-9,14H,7,10-13H2,1H3/t14-/m1/s1. The van der Waals surface area contributed by atoms with Gasteiger partial charge in [-0.2, -0.15) is 0 Å². The number of carbonyl (C=O) groups excluding carboxylic acids is 1. The number of rotatable bonds is 4. The highest BCUT2D eigenvalue weighted by Crippen LogP contribution is 2.20. The van der Waals surface area contributed by atoms with Crippen molar-refractivity contribution >= 4 is 5.91 Å². The van der Waals surface area contributed by atoms with Gasteiger partial charge in [-0.25, -0.2) is 0 Å². The molecule has 0 fully saturated rings. The fourth-order valence-electron chi connectivity index (χ4n) is 2.95. The first-order chi connectivity index (χ1) is 10.8. The molecule has 1 amide bonds. The zero-order valence-electron chi connectivity index (χ0n) is 12.8. The molecule has 22 heavy (non-hydrogen) atoms. The Hall–Kier alpha value is -2.14. The quantitative estimate of drug-likeness (QED) is 0.869. The van der Waals surface area contributed by atoms with E-state index < -0.39 is 0 Å². The summed E-state index contributed by atoms with van der Waals surface area (Å²) >= 11 is 0. The van der Waals surface area contributed by atoms with Gasteiger partial charge in [0.15, 0.2) is 0 Å². The predicted molar refractivity (Wildman–Crippen MR) is 83.4 cm³/mol. The van der Waals surface area contributed by atoms with E-state index in [-0.39, 0.29) is 5.91 Å². The van der Waals surface area contributed by atoms with Crippen LogP contribution in [-0.4, -0.2) is 40.6 Å². The van der Waals surface area contributed by atoms with Gasteiger partial charge in [0.05, 0.1) is 6.54 Å². The number of hydrogen-bond acceptors (Lipinski definition) is 3. The second kappa shape index (κ2) is 6.75. The monoisotopic (exact) mass is 299 g/mol. The molecule has 1 aliphatic heterocycles. The summed E-state index contributed by atoms with van der Waals surface area (Å²) in [7, 11) is 1.72. The molecule has 0 aromatic carbocycles. The molecule has 2 aromatic heterocycles. The maximum atomic E-state index is 12.7. The summed E-state index contributed by atoms with van der Waals surface area (Å²) in [5, 5.41) is 0. The molecule has 5 heteroatoms. The highest BCUT2D eigenvalue weighted by molar-refractivity contribution is 5.92. The third-order valence-corrected chi connectivity index (χ3v) is 4.11. The summed E-state index contributed by atoms with van der Waals surface area (Å²) in [5.41, 5.74) is 1.68. The van der Waals surface area contributed by atoms with E-state index in [0.717, 1.165) is 19.5 Å². The molecule has 1 atom stereocenters. The molecule has 0 unspecified atom stereocenters. The number of aromatic nitrogens is 2. The van der Waals surface area contributed by atoms with E-state index >= 15 is 0 Å². The lowest BCUT2D eigenvalue weighted by molar-refractivity contribution is 0.0699. The third-order valence-electron chi connectivity index (χ3n) is 4.11. The van der Waals surface area contributed by atoms with Gasteiger partial charge in [-0.3, -0.25) is 9.78 Å². The van der Waals surface area contributed by atoms with E-state index in [1.807, 2.05) is 23.1 Å². The number of pyridine rings is 1. The number of nitrogens with zero attached hydrogens (tertiary/aromatic N) is 3. The molecule has 0 bridgehead atoms. The molecule has 1 aliphatic rings. The van der Waals surface area contributed by atoms with Crippen LogP contribution in [0, 0.1) is 5.92 Å². The zero-order valence-corrected chi connectivity index (χ0v) is 12.8. The molecule has 0 saturated carbocycles. The van der Waals surface area contributed by atoms with Crippen LogP contribution in [0.1, 0.15) is 22.6 Å². The van der Waals surface area contributed by atoms with Gasteiger partial charge in [0, 0.05) is 44.9 Å². The Kier molecular flexibility index (Phi) is 4.53. The highest BCUT2D eigenvalue weighted by Gasteiger charge is 2.25. The molecular weight excluding hydrogens is 278 g/mol. The fraction of sp³-hybridized carbons (Fsp3) is 0.412. The Labute approximate surface area is 130 Å². The van der Waals surface area contributed by atoms with Gasteiger partial charge in [0.2, 0.25) is 0 Å². The Morgan fingerprint density at radius 1 is 1.32 bits per heavy atom. The molecule has 5 nitrogen and oxygen atoms in total. The summed E-state index contributed by atoms with van der Waals surface area (Å²) in [6, 6.07) is 9.57. The van der Waals surface area contributed by atoms with Crippen molar-refractivity contribution in [3.05, 3.63) is 54.1 Å². The molecule has 0 saturated heterocycles. The number of hydrogen-bond donors (Lipinski definition) is 0. The van der Waals surface area contributed by atoms with Crippen molar-refractivity contribution in [2.24, 2.45) is 5.92 Å². The smallest absolute Gasteiger partial charge is 0.272 e. The van der Waals surface area contributed by atoms with E-state index in [9.17, 15) is 4.79 Å². The highest BCUT2D eigenvalue weighted by atomic mass is 16.5. The largest absolute Gasteiger partial charge is 0.385 e. The Balaban J connectivity index is 1.82. The minimum absolute atomic E-state index is 0.00216. The Morgan fingerprint density at radius 2 is 2.23 bits per heavy atom. The van der Waals surface area contributed by atoms with Crippen LogP contribution in [0.15, 0.2) is 42.7 Å². The molecule has 116 valence electrons. The van der Waals surface area contributed by atoms with Gasteiger partial charge in [-0.15, -0.1) is 0 Å². The van der Waals surface area contributed by atoms with Crippen LogP contribution in [0.2, 0.25) is 0 Å². The summed E-state index contributed by atoms with van der Waals surface area (Å²) in [4.78, 5) is 18.8. The lowest BCUT2D eigenvalue weighted by atomic mass is 10.1. The van der Waals surface area contributed by atoms with E-state index in [1.165, 1.54) is 5.69 Å². The van der Waals surface area contributed by atoms with Crippen molar-refractivity contribution in [1.29, 1.82) is 0 Å².